The second-order valence-electron chi connectivity index (χ2n) is 6.46. The summed E-state index contributed by atoms with van der Waals surface area (Å²) in [6, 6.07) is 15.0. The summed E-state index contributed by atoms with van der Waals surface area (Å²) >= 11 is 0. The molecule has 0 heterocycles. The van der Waals surface area contributed by atoms with Gasteiger partial charge in [0.25, 0.3) is 5.91 Å². The molecule has 0 aromatic heterocycles. The van der Waals surface area contributed by atoms with Gasteiger partial charge >= 0.3 is 0 Å². The maximum atomic E-state index is 11.8. The molecule has 2 rings (SSSR count). The number of hydrogen-bond donors (Lipinski definition) is 3. The van der Waals surface area contributed by atoms with E-state index in [1.807, 2.05) is 56.3 Å². The number of aliphatic imine (C=N–C) groups is 1. The Kier molecular flexibility index (Phi) is 8.82. The number of carbonyl (C=O) groups excluding carboxylic acids is 1. The third-order valence-electron chi connectivity index (χ3n) is 4.12. The highest BCUT2D eigenvalue weighted by molar-refractivity contribution is 5.94. The number of guanidine groups is 1. The van der Waals surface area contributed by atoms with Crippen molar-refractivity contribution in [2.75, 3.05) is 27.2 Å². The van der Waals surface area contributed by atoms with Crippen LogP contribution in [-0.2, 0) is 6.54 Å². The van der Waals surface area contributed by atoms with Crippen LogP contribution in [0.1, 0.15) is 29.8 Å². The summed E-state index contributed by atoms with van der Waals surface area (Å²) in [4.78, 5) is 16.4. The Morgan fingerprint density at radius 1 is 1.10 bits per heavy atom. The number of methoxy groups -OCH3 is 1. The lowest BCUT2D eigenvalue weighted by Crippen LogP contribution is -2.41. The molecule has 1 amide bonds. The molecule has 0 saturated carbocycles. The van der Waals surface area contributed by atoms with Gasteiger partial charge in [-0.2, -0.15) is 0 Å². The lowest BCUT2D eigenvalue weighted by Gasteiger charge is -2.18. The van der Waals surface area contributed by atoms with Gasteiger partial charge in [-0.05, 0) is 43.7 Å². The minimum absolute atomic E-state index is 0.0671. The van der Waals surface area contributed by atoms with Crippen LogP contribution in [0.4, 0.5) is 0 Å². The molecule has 0 aliphatic heterocycles. The number of hydrogen-bond acceptors (Lipinski definition) is 4. The largest absolute Gasteiger partial charge is 0.497 e. The van der Waals surface area contributed by atoms with Crippen molar-refractivity contribution in [3.05, 3.63) is 59.7 Å². The van der Waals surface area contributed by atoms with Crippen molar-refractivity contribution in [1.29, 1.82) is 0 Å². The van der Waals surface area contributed by atoms with Crippen molar-refractivity contribution in [2.45, 2.75) is 26.5 Å². The summed E-state index contributed by atoms with van der Waals surface area (Å²) < 4.78 is 11.2. The molecule has 0 aliphatic carbocycles. The maximum absolute atomic E-state index is 11.8. The first kappa shape index (κ1) is 22.1. The zero-order valence-electron chi connectivity index (χ0n) is 17.5. The third-order valence-corrected chi connectivity index (χ3v) is 4.12. The lowest BCUT2D eigenvalue weighted by molar-refractivity contribution is 0.0963. The maximum Gasteiger partial charge on any atom is 0.251 e. The fourth-order valence-corrected chi connectivity index (χ4v) is 2.66. The number of nitrogens with one attached hydrogen (secondary N) is 3. The molecule has 3 N–H and O–H groups in total. The minimum Gasteiger partial charge on any atom is -0.497 e. The average Bonchev–Trinajstić information content (AvgIpc) is 2.75. The van der Waals surface area contributed by atoms with Crippen LogP contribution in [0, 0.1) is 0 Å². The van der Waals surface area contributed by atoms with E-state index in [1.54, 1.807) is 20.2 Å². The van der Waals surface area contributed by atoms with Gasteiger partial charge in [0.2, 0.25) is 0 Å². The Hall–Kier alpha value is -3.22. The van der Waals surface area contributed by atoms with Crippen molar-refractivity contribution in [2.24, 2.45) is 4.99 Å². The fraction of sp³-hybridized carbons (Fsp3) is 0.364. The summed E-state index contributed by atoms with van der Waals surface area (Å²) in [5.41, 5.74) is 1.59. The quantitative estimate of drug-likeness (QED) is 0.447. The van der Waals surface area contributed by atoms with Gasteiger partial charge in [-0.25, -0.2) is 4.99 Å². The van der Waals surface area contributed by atoms with E-state index in [-0.39, 0.29) is 12.0 Å². The number of benzene rings is 2. The van der Waals surface area contributed by atoms with E-state index in [0.29, 0.717) is 24.6 Å². The van der Waals surface area contributed by atoms with Crippen molar-refractivity contribution in [3.8, 4) is 11.5 Å². The fourth-order valence-electron chi connectivity index (χ4n) is 2.66. The first-order valence-electron chi connectivity index (χ1n) is 9.69. The van der Waals surface area contributed by atoms with Crippen LogP contribution in [0.25, 0.3) is 0 Å². The first-order valence-corrected chi connectivity index (χ1v) is 9.69. The van der Waals surface area contributed by atoms with Crippen LogP contribution >= 0.6 is 0 Å². The van der Waals surface area contributed by atoms with E-state index >= 15 is 0 Å². The standard InChI is InChI=1S/C22H30N4O3/c1-5-24-22(26-15-17-8-6-9-18(12-17)21(27)23-3)25-14-16(2)29-20-11-7-10-19(13-20)28-4/h6-13,16H,5,14-15H2,1-4H3,(H,23,27)(H2,24,25,26). The monoisotopic (exact) mass is 398 g/mol. The molecule has 29 heavy (non-hydrogen) atoms. The van der Waals surface area contributed by atoms with Crippen LogP contribution in [0.3, 0.4) is 0 Å². The van der Waals surface area contributed by atoms with E-state index in [2.05, 4.69) is 20.9 Å². The SMILES string of the molecule is CCNC(=NCc1cccc(C(=O)NC)c1)NCC(C)Oc1cccc(OC)c1. The highest BCUT2D eigenvalue weighted by atomic mass is 16.5. The van der Waals surface area contributed by atoms with Gasteiger partial charge in [-0.3, -0.25) is 4.79 Å². The Labute approximate surface area is 172 Å². The number of nitrogens with zero attached hydrogens (tertiary/aromatic N) is 1. The van der Waals surface area contributed by atoms with Gasteiger partial charge in [-0.1, -0.05) is 18.2 Å². The Balaban J connectivity index is 1.94. The van der Waals surface area contributed by atoms with Crippen molar-refractivity contribution in [3.63, 3.8) is 0 Å². The molecule has 1 unspecified atom stereocenters. The molecule has 0 fully saturated rings. The van der Waals surface area contributed by atoms with Gasteiger partial charge in [0, 0.05) is 25.2 Å². The van der Waals surface area contributed by atoms with Crippen LogP contribution in [-0.4, -0.2) is 45.2 Å². The zero-order valence-corrected chi connectivity index (χ0v) is 17.5. The summed E-state index contributed by atoms with van der Waals surface area (Å²) in [5, 5.41) is 9.15. The van der Waals surface area contributed by atoms with Crippen molar-refractivity contribution < 1.29 is 14.3 Å². The highest BCUT2D eigenvalue weighted by Gasteiger charge is 2.07. The van der Waals surface area contributed by atoms with E-state index in [0.717, 1.165) is 23.6 Å². The van der Waals surface area contributed by atoms with Crippen LogP contribution in [0.15, 0.2) is 53.5 Å². The minimum atomic E-state index is -0.107. The van der Waals surface area contributed by atoms with Gasteiger partial charge in [0.05, 0.1) is 20.2 Å². The van der Waals surface area contributed by atoms with E-state index < -0.39 is 0 Å². The summed E-state index contributed by atoms with van der Waals surface area (Å²) in [6.07, 6.45) is -0.0671. The molecule has 0 bridgehead atoms. The zero-order chi connectivity index (χ0) is 21.1. The van der Waals surface area contributed by atoms with Gasteiger partial charge in [-0.15, -0.1) is 0 Å². The Bertz CT molecular complexity index is 823. The molecule has 0 radical (unpaired) electrons. The molecule has 2 aromatic carbocycles. The number of amides is 1. The second kappa shape index (κ2) is 11.6. The normalized spacial score (nSPS) is 12.1. The van der Waals surface area contributed by atoms with E-state index in [4.69, 9.17) is 9.47 Å². The van der Waals surface area contributed by atoms with E-state index in [1.165, 1.54) is 0 Å². The summed E-state index contributed by atoms with van der Waals surface area (Å²) in [7, 11) is 3.25. The molecule has 7 heteroatoms. The highest BCUT2D eigenvalue weighted by Crippen LogP contribution is 2.19. The van der Waals surface area contributed by atoms with Gasteiger partial charge < -0.3 is 25.4 Å². The summed E-state index contributed by atoms with van der Waals surface area (Å²) in [6.45, 7) is 5.80. The van der Waals surface area contributed by atoms with Gasteiger partial charge in [0.15, 0.2) is 5.96 Å². The lowest BCUT2D eigenvalue weighted by atomic mass is 10.1. The molecule has 7 nitrogen and oxygen atoms in total. The first-order chi connectivity index (χ1) is 14.0. The predicted octanol–water partition coefficient (Wildman–Crippen LogP) is 2.58. The summed E-state index contributed by atoms with van der Waals surface area (Å²) in [5.74, 6) is 2.10. The molecule has 0 spiro atoms. The molecule has 0 saturated heterocycles. The van der Waals surface area contributed by atoms with Crippen molar-refractivity contribution >= 4 is 11.9 Å². The number of rotatable bonds is 9. The number of carbonyl (C=O) groups is 1. The Morgan fingerprint density at radius 3 is 2.59 bits per heavy atom. The number of ether oxygens (including phenoxy) is 2. The van der Waals surface area contributed by atoms with Gasteiger partial charge in [0.1, 0.15) is 17.6 Å². The molecular weight excluding hydrogens is 368 g/mol. The average molecular weight is 399 g/mol. The molecule has 0 aliphatic rings. The molecule has 1 atom stereocenters. The van der Waals surface area contributed by atoms with Crippen molar-refractivity contribution in [1.82, 2.24) is 16.0 Å². The second-order valence-corrected chi connectivity index (χ2v) is 6.46. The third kappa shape index (κ3) is 7.37. The van der Waals surface area contributed by atoms with Crippen LogP contribution < -0.4 is 25.4 Å². The van der Waals surface area contributed by atoms with E-state index in [9.17, 15) is 4.79 Å². The predicted molar refractivity (Wildman–Crippen MR) is 116 cm³/mol. The smallest absolute Gasteiger partial charge is 0.251 e. The van der Waals surface area contributed by atoms with Crippen LogP contribution in [0.2, 0.25) is 0 Å². The molecular formula is C22H30N4O3. The molecule has 156 valence electrons. The Morgan fingerprint density at radius 2 is 1.86 bits per heavy atom. The molecule has 2 aromatic rings. The van der Waals surface area contributed by atoms with Crippen LogP contribution in [0.5, 0.6) is 11.5 Å². The topological polar surface area (TPSA) is 84.0 Å².